The van der Waals surface area contributed by atoms with E-state index in [4.69, 9.17) is 0 Å². The molecular weight excluding hydrogens is 244 g/mol. The number of rotatable bonds is 6. The molecule has 0 aliphatic rings. The predicted molar refractivity (Wildman–Crippen MR) is 86.0 cm³/mol. The van der Waals surface area contributed by atoms with Crippen LogP contribution >= 0.6 is 0 Å². The maximum Gasteiger partial charge on any atom is 0.0470 e. The van der Waals surface area contributed by atoms with Gasteiger partial charge in [-0.25, -0.2) is 0 Å². The highest BCUT2D eigenvalue weighted by Crippen LogP contribution is 2.11. The monoisotopic (exact) mass is 270 g/mol. The fourth-order valence-electron chi connectivity index (χ4n) is 2.57. The van der Waals surface area contributed by atoms with Gasteiger partial charge in [-0.1, -0.05) is 43.2 Å². The molecule has 1 aromatic heterocycles. The molecule has 2 heteroatoms. The predicted octanol–water partition coefficient (Wildman–Crippen LogP) is 3.90. The largest absolute Gasteiger partial charge is 0.350 e. The molecule has 0 radical (unpaired) electrons. The van der Waals surface area contributed by atoms with Gasteiger partial charge in [-0.05, 0) is 43.5 Å². The molecule has 1 aromatic carbocycles. The lowest BCUT2D eigenvalue weighted by Gasteiger charge is -2.07. The minimum Gasteiger partial charge on any atom is -0.350 e. The third-order valence-electron chi connectivity index (χ3n) is 3.34. The van der Waals surface area contributed by atoms with Gasteiger partial charge < -0.3 is 9.88 Å². The smallest absolute Gasteiger partial charge is 0.0470 e. The number of benzene rings is 1. The van der Waals surface area contributed by atoms with Crippen molar-refractivity contribution in [2.24, 2.45) is 5.92 Å². The Hall–Kier alpha value is -1.54. The molecule has 0 aliphatic heterocycles. The zero-order valence-electron chi connectivity index (χ0n) is 13.1. The molecule has 2 aromatic rings. The van der Waals surface area contributed by atoms with E-state index in [1.165, 1.54) is 22.3 Å². The minimum atomic E-state index is 0.701. The first-order chi connectivity index (χ1) is 9.52. The number of hydrogen-bond donors (Lipinski definition) is 1. The topological polar surface area (TPSA) is 17.0 Å². The summed E-state index contributed by atoms with van der Waals surface area (Å²) in [5.74, 6) is 0.701. The molecule has 0 bridgehead atoms. The van der Waals surface area contributed by atoms with Crippen LogP contribution in [0.15, 0.2) is 36.7 Å². The first-order valence-electron chi connectivity index (χ1n) is 7.45. The van der Waals surface area contributed by atoms with Crippen molar-refractivity contribution in [2.75, 3.05) is 6.54 Å². The van der Waals surface area contributed by atoms with Crippen molar-refractivity contribution in [3.63, 3.8) is 0 Å². The van der Waals surface area contributed by atoms with Crippen molar-refractivity contribution >= 4 is 0 Å². The molecule has 0 saturated carbocycles. The van der Waals surface area contributed by atoms with Crippen LogP contribution in [0.25, 0.3) is 0 Å². The van der Waals surface area contributed by atoms with Crippen molar-refractivity contribution in [3.05, 3.63) is 58.9 Å². The van der Waals surface area contributed by atoms with Crippen LogP contribution in [-0.2, 0) is 13.1 Å². The Kier molecular flexibility index (Phi) is 5.02. The number of nitrogens with one attached hydrogen (secondary N) is 1. The van der Waals surface area contributed by atoms with E-state index < -0.39 is 0 Å². The van der Waals surface area contributed by atoms with Crippen molar-refractivity contribution in [2.45, 2.75) is 40.8 Å². The second-order valence-electron chi connectivity index (χ2n) is 6.21. The summed E-state index contributed by atoms with van der Waals surface area (Å²) in [6, 6.07) is 8.96. The van der Waals surface area contributed by atoms with Crippen LogP contribution in [0.5, 0.6) is 0 Å². The Morgan fingerprint density at radius 2 is 1.75 bits per heavy atom. The van der Waals surface area contributed by atoms with Crippen molar-refractivity contribution in [1.82, 2.24) is 9.88 Å². The third-order valence-corrected chi connectivity index (χ3v) is 3.34. The lowest BCUT2D eigenvalue weighted by molar-refractivity contribution is 0.552. The molecule has 2 rings (SSSR count). The van der Waals surface area contributed by atoms with Gasteiger partial charge in [-0.15, -0.1) is 0 Å². The number of nitrogens with zero attached hydrogens (tertiary/aromatic N) is 1. The Morgan fingerprint density at radius 3 is 2.40 bits per heavy atom. The summed E-state index contributed by atoms with van der Waals surface area (Å²) in [5.41, 5.74) is 5.41. The maximum absolute atomic E-state index is 3.48. The van der Waals surface area contributed by atoms with E-state index in [0.717, 1.165) is 19.6 Å². The highest BCUT2D eigenvalue weighted by Gasteiger charge is 2.01. The van der Waals surface area contributed by atoms with E-state index in [1.54, 1.807) is 0 Å². The molecule has 1 N–H and O–H groups in total. The van der Waals surface area contributed by atoms with Gasteiger partial charge in [0.2, 0.25) is 0 Å². The van der Waals surface area contributed by atoms with Crippen molar-refractivity contribution in [1.29, 1.82) is 0 Å². The summed E-state index contributed by atoms with van der Waals surface area (Å²) in [6.45, 7) is 11.8. The summed E-state index contributed by atoms with van der Waals surface area (Å²) >= 11 is 0. The Balaban J connectivity index is 1.95. The highest BCUT2D eigenvalue weighted by molar-refractivity contribution is 5.29. The van der Waals surface area contributed by atoms with E-state index >= 15 is 0 Å². The summed E-state index contributed by atoms with van der Waals surface area (Å²) < 4.78 is 2.26. The normalized spacial score (nSPS) is 11.2. The fraction of sp³-hybridized carbons (Fsp3) is 0.444. The van der Waals surface area contributed by atoms with E-state index in [0.29, 0.717) is 5.92 Å². The van der Waals surface area contributed by atoms with Crippen LogP contribution in [0.4, 0.5) is 0 Å². The van der Waals surface area contributed by atoms with Gasteiger partial charge in [-0.2, -0.15) is 0 Å². The van der Waals surface area contributed by atoms with Gasteiger partial charge >= 0.3 is 0 Å². The maximum atomic E-state index is 3.48. The van der Waals surface area contributed by atoms with Crippen LogP contribution in [0.3, 0.4) is 0 Å². The van der Waals surface area contributed by atoms with Crippen LogP contribution < -0.4 is 5.32 Å². The lowest BCUT2D eigenvalue weighted by atomic mass is 10.1. The molecule has 0 atom stereocenters. The molecule has 0 aliphatic carbocycles. The lowest BCUT2D eigenvalue weighted by Crippen LogP contribution is -2.18. The minimum absolute atomic E-state index is 0.701. The quantitative estimate of drug-likeness (QED) is 0.842. The van der Waals surface area contributed by atoms with Crippen LogP contribution in [0.1, 0.15) is 36.1 Å². The fourth-order valence-corrected chi connectivity index (χ4v) is 2.57. The van der Waals surface area contributed by atoms with Gasteiger partial charge in [0.05, 0.1) is 0 Å². The van der Waals surface area contributed by atoms with Gasteiger partial charge in [-0.3, -0.25) is 0 Å². The zero-order chi connectivity index (χ0) is 14.5. The van der Waals surface area contributed by atoms with Crippen LogP contribution in [-0.4, -0.2) is 11.1 Å². The summed E-state index contributed by atoms with van der Waals surface area (Å²) in [7, 11) is 0. The summed E-state index contributed by atoms with van der Waals surface area (Å²) in [4.78, 5) is 0. The molecule has 0 amide bonds. The van der Waals surface area contributed by atoms with Gasteiger partial charge in [0, 0.05) is 25.5 Å². The average Bonchev–Trinajstić information content (AvgIpc) is 2.74. The highest BCUT2D eigenvalue weighted by atomic mass is 14.9. The second-order valence-corrected chi connectivity index (χ2v) is 6.21. The van der Waals surface area contributed by atoms with Gasteiger partial charge in [0.15, 0.2) is 0 Å². The van der Waals surface area contributed by atoms with E-state index in [2.05, 4.69) is 74.2 Å². The zero-order valence-corrected chi connectivity index (χ0v) is 13.1. The van der Waals surface area contributed by atoms with E-state index in [-0.39, 0.29) is 0 Å². The van der Waals surface area contributed by atoms with Crippen LogP contribution in [0.2, 0.25) is 0 Å². The Morgan fingerprint density at radius 1 is 1.05 bits per heavy atom. The average molecular weight is 270 g/mol. The number of aromatic nitrogens is 1. The standard InChI is InChI=1S/C18H26N2/c1-14(2)10-19-11-17-5-6-20(12-17)13-18-8-15(3)7-16(4)9-18/h5-9,12,14,19H,10-11,13H2,1-4H3. The summed E-state index contributed by atoms with van der Waals surface area (Å²) in [6.07, 6.45) is 4.41. The molecule has 20 heavy (non-hydrogen) atoms. The van der Waals surface area contributed by atoms with Gasteiger partial charge in [0.25, 0.3) is 0 Å². The molecule has 0 fully saturated rings. The molecule has 0 saturated heterocycles. The van der Waals surface area contributed by atoms with Crippen molar-refractivity contribution < 1.29 is 0 Å². The second kappa shape index (κ2) is 6.76. The van der Waals surface area contributed by atoms with Gasteiger partial charge in [0.1, 0.15) is 0 Å². The first kappa shape index (κ1) is 14.9. The molecule has 2 nitrogen and oxygen atoms in total. The molecule has 1 heterocycles. The van der Waals surface area contributed by atoms with Crippen LogP contribution in [0, 0.1) is 19.8 Å². The molecular formula is C18H26N2. The Bertz CT molecular complexity index is 532. The molecule has 108 valence electrons. The Labute approximate surface area is 122 Å². The van der Waals surface area contributed by atoms with Crippen molar-refractivity contribution in [3.8, 4) is 0 Å². The number of hydrogen-bond acceptors (Lipinski definition) is 1. The number of aryl methyl sites for hydroxylation is 2. The van der Waals surface area contributed by atoms with E-state index in [1.807, 2.05) is 0 Å². The molecule has 0 unspecified atom stereocenters. The van der Waals surface area contributed by atoms with E-state index in [9.17, 15) is 0 Å². The SMILES string of the molecule is Cc1cc(C)cc(Cn2ccc(CNCC(C)C)c2)c1. The molecule has 0 spiro atoms. The first-order valence-corrected chi connectivity index (χ1v) is 7.45. The third kappa shape index (κ3) is 4.53. The summed E-state index contributed by atoms with van der Waals surface area (Å²) in [5, 5.41) is 3.48.